The van der Waals surface area contributed by atoms with Crippen molar-refractivity contribution in [3.8, 4) is 0 Å². The van der Waals surface area contributed by atoms with E-state index in [1.54, 1.807) is 0 Å². The van der Waals surface area contributed by atoms with Gasteiger partial charge in [-0.15, -0.1) is 0 Å². The first-order valence-electron chi connectivity index (χ1n) is 10.3. The van der Waals surface area contributed by atoms with Gasteiger partial charge in [-0.3, -0.25) is 9.79 Å². The summed E-state index contributed by atoms with van der Waals surface area (Å²) < 4.78 is 0. The zero-order chi connectivity index (χ0) is 19.8. The van der Waals surface area contributed by atoms with Gasteiger partial charge in [-0.2, -0.15) is 0 Å². The van der Waals surface area contributed by atoms with Crippen LogP contribution in [-0.2, 0) is 4.79 Å². The Bertz CT molecular complexity index is 633. The third kappa shape index (κ3) is 6.56. The third-order valence-electron chi connectivity index (χ3n) is 5.12. The van der Waals surface area contributed by atoms with E-state index in [9.17, 15) is 4.79 Å². The molecular weight excluding hydrogens is 336 g/mol. The molecule has 0 aliphatic carbocycles. The summed E-state index contributed by atoms with van der Waals surface area (Å²) in [7, 11) is 0. The first-order chi connectivity index (χ1) is 12.9. The van der Waals surface area contributed by atoms with Gasteiger partial charge in [0, 0.05) is 44.1 Å². The van der Waals surface area contributed by atoms with Crippen molar-refractivity contribution in [2.75, 3.05) is 26.2 Å². The lowest BCUT2D eigenvalue weighted by atomic mass is 10.00. The highest BCUT2D eigenvalue weighted by molar-refractivity contribution is 5.80. The lowest BCUT2D eigenvalue weighted by Crippen LogP contribution is -2.50. The standard InChI is InChI=1S/C22H36N4O/c1-6-23-22(24-15-18(5)19-9-7-8-17(4)14-19)25-20-10-12-26(13-11-20)21(27)16(2)3/h7-9,14,16,18,20H,6,10-13,15H2,1-5H3,(H2,23,24,25). The van der Waals surface area contributed by atoms with Gasteiger partial charge in [0.1, 0.15) is 0 Å². The normalized spacial score (nSPS) is 17.1. The summed E-state index contributed by atoms with van der Waals surface area (Å²) >= 11 is 0. The van der Waals surface area contributed by atoms with Crippen molar-refractivity contribution < 1.29 is 4.79 Å². The maximum atomic E-state index is 12.1. The highest BCUT2D eigenvalue weighted by Gasteiger charge is 2.24. The van der Waals surface area contributed by atoms with E-state index in [1.165, 1.54) is 11.1 Å². The largest absolute Gasteiger partial charge is 0.357 e. The Hall–Kier alpha value is -2.04. The number of aliphatic imine (C=N–C) groups is 1. The molecule has 1 amide bonds. The van der Waals surface area contributed by atoms with Gasteiger partial charge in [0.05, 0.1) is 0 Å². The molecule has 0 bridgehead atoms. The summed E-state index contributed by atoms with van der Waals surface area (Å²) in [5.41, 5.74) is 2.62. The molecule has 5 heteroatoms. The molecule has 27 heavy (non-hydrogen) atoms. The van der Waals surface area contributed by atoms with Gasteiger partial charge in [-0.1, -0.05) is 50.6 Å². The van der Waals surface area contributed by atoms with E-state index < -0.39 is 0 Å². The molecule has 1 aliphatic rings. The topological polar surface area (TPSA) is 56.7 Å². The maximum Gasteiger partial charge on any atom is 0.225 e. The molecule has 1 fully saturated rings. The summed E-state index contributed by atoms with van der Waals surface area (Å²) in [5, 5.41) is 6.92. The average Bonchev–Trinajstić information content (AvgIpc) is 2.66. The number of likely N-dealkylation sites (tertiary alicyclic amines) is 1. The van der Waals surface area contributed by atoms with Crippen molar-refractivity contribution in [2.24, 2.45) is 10.9 Å². The highest BCUT2D eigenvalue weighted by Crippen LogP contribution is 2.17. The molecule has 2 N–H and O–H groups in total. The second-order valence-electron chi connectivity index (χ2n) is 7.93. The summed E-state index contributed by atoms with van der Waals surface area (Å²) in [6.45, 7) is 13.6. The molecule has 0 spiro atoms. The Balaban J connectivity index is 1.89. The molecule has 1 atom stereocenters. The number of amides is 1. The fourth-order valence-corrected chi connectivity index (χ4v) is 3.43. The number of nitrogens with zero attached hydrogens (tertiary/aromatic N) is 2. The van der Waals surface area contributed by atoms with Crippen LogP contribution in [-0.4, -0.2) is 49.0 Å². The number of benzene rings is 1. The Morgan fingerprint density at radius 1 is 1.26 bits per heavy atom. The predicted molar refractivity (Wildman–Crippen MR) is 113 cm³/mol. The molecule has 2 rings (SSSR count). The summed E-state index contributed by atoms with van der Waals surface area (Å²) in [6.07, 6.45) is 1.94. The molecule has 1 saturated heterocycles. The van der Waals surface area contributed by atoms with Crippen LogP contribution in [0.4, 0.5) is 0 Å². The van der Waals surface area contributed by atoms with E-state index in [0.717, 1.165) is 45.0 Å². The number of carbonyl (C=O) groups excluding carboxylic acids is 1. The molecular formula is C22H36N4O. The fraction of sp³-hybridized carbons (Fsp3) is 0.636. The van der Waals surface area contributed by atoms with Crippen LogP contribution < -0.4 is 10.6 Å². The molecule has 1 unspecified atom stereocenters. The van der Waals surface area contributed by atoms with E-state index in [0.29, 0.717) is 12.0 Å². The van der Waals surface area contributed by atoms with E-state index in [-0.39, 0.29) is 11.8 Å². The van der Waals surface area contributed by atoms with Crippen LogP contribution in [0, 0.1) is 12.8 Å². The molecule has 150 valence electrons. The summed E-state index contributed by atoms with van der Waals surface area (Å²) in [6, 6.07) is 9.02. The van der Waals surface area contributed by atoms with E-state index in [1.807, 2.05) is 18.7 Å². The number of nitrogens with one attached hydrogen (secondary N) is 2. The Morgan fingerprint density at radius 3 is 2.56 bits per heavy atom. The third-order valence-corrected chi connectivity index (χ3v) is 5.12. The van der Waals surface area contributed by atoms with Gasteiger partial charge in [0.15, 0.2) is 5.96 Å². The first kappa shape index (κ1) is 21.3. The lowest BCUT2D eigenvalue weighted by Gasteiger charge is -2.34. The molecule has 0 radical (unpaired) electrons. The minimum absolute atomic E-state index is 0.0801. The van der Waals surface area contributed by atoms with Crippen molar-refractivity contribution in [1.82, 2.24) is 15.5 Å². The molecule has 1 aromatic rings. The second-order valence-corrected chi connectivity index (χ2v) is 7.93. The molecule has 0 aromatic heterocycles. The van der Waals surface area contributed by atoms with Crippen LogP contribution in [0.3, 0.4) is 0 Å². The minimum Gasteiger partial charge on any atom is -0.357 e. The molecule has 1 aromatic carbocycles. The first-order valence-corrected chi connectivity index (χ1v) is 10.3. The predicted octanol–water partition coefficient (Wildman–Crippen LogP) is 3.30. The van der Waals surface area contributed by atoms with Gasteiger partial charge in [-0.05, 0) is 32.3 Å². The number of hydrogen-bond donors (Lipinski definition) is 2. The number of carbonyl (C=O) groups is 1. The molecule has 1 aliphatic heterocycles. The number of rotatable bonds is 6. The fourth-order valence-electron chi connectivity index (χ4n) is 3.43. The lowest BCUT2D eigenvalue weighted by molar-refractivity contribution is -0.135. The monoisotopic (exact) mass is 372 g/mol. The van der Waals surface area contributed by atoms with Gasteiger partial charge in [-0.25, -0.2) is 0 Å². The average molecular weight is 373 g/mol. The maximum absolute atomic E-state index is 12.1. The summed E-state index contributed by atoms with van der Waals surface area (Å²) in [4.78, 5) is 18.9. The van der Waals surface area contributed by atoms with Crippen LogP contribution in [0.5, 0.6) is 0 Å². The van der Waals surface area contributed by atoms with E-state index in [4.69, 9.17) is 4.99 Å². The second kappa shape index (κ2) is 10.3. The van der Waals surface area contributed by atoms with E-state index in [2.05, 4.69) is 55.7 Å². The number of aryl methyl sites for hydroxylation is 1. The van der Waals surface area contributed by atoms with Crippen LogP contribution >= 0.6 is 0 Å². The zero-order valence-corrected chi connectivity index (χ0v) is 17.6. The number of guanidine groups is 1. The van der Waals surface area contributed by atoms with Crippen LogP contribution in [0.1, 0.15) is 57.6 Å². The Kier molecular flexibility index (Phi) is 8.14. The van der Waals surface area contributed by atoms with Crippen molar-refractivity contribution in [3.05, 3.63) is 35.4 Å². The Labute approximate surface area is 164 Å². The smallest absolute Gasteiger partial charge is 0.225 e. The zero-order valence-electron chi connectivity index (χ0n) is 17.6. The van der Waals surface area contributed by atoms with Crippen LogP contribution in [0.25, 0.3) is 0 Å². The quantitative estimate of drug-likeness (QED) is 0.595. The van der Waals surface area contributed by atoms with Gasteiger partial charge >= 0.3 is 0 Å². The molecule has 0 saturated carbocycles. The molecule has 1 heterocycles. The number of piperidine rings is 1. The van der Waals surface area contributed by atoms with E-state index >= 15 is 0 Å². The van der Waals surface area contributed by atoms with Crippen molar-refractivity contribution in [2.45, 2.75) is 59.4 Å². The van der Waals surface area contributed by atoms with Crippen molar-refractivity contribution in [1.29, 1.82) is 0 Å². The van der Waals surface area contributed by atoms with Crippen molar-refractivity contribution in [3.63, 3.8) is 0 Å². The van der Waals surface area contributed by atoms with Crippen LogP contribution in [0.15, 0.2) is 29.3 Å². The van der Waals surface area contributed by atoms with Crippen molar-refractivity contribution >= 4 is 11.9 Å². The van der Waals surface area contributed by atoms with Gasteiger partial charge in [0.2, 0.25) is 5.91 Å². The SMILES string of the molecule is CCNC(=NCC(C)c1cccc(C)c1)NC1CCN(C(=O)C(C)C)CC1. The van der Waals surface area contributed by atoms with Crippen LogP contribution in [0.2, 0.25) is 0 Å². The highest BCUT2D eigenvalue weighted by atomic mass is 16.2. The minimum atomic E-state index is 0.0801. The number of hydrogen-bond acceptors (Lipinski definition) is 2. The summed E-state index contributed by atoms with van der Waals surface area (Å²) in [5.74, 6) is 1.61. The Morgan fingerprint density at radius 2 is 1.96 bits per heavy atom. The van der Waals surface area contributed by atoms with Gasteiger partial charge < -0.3 is 15.5 Å². The molecule has 5 nitrogen and oxygen atoms in total. The van der Waals surface area contributed by atoms with Gasteiger partial charge in [0.25, 0.3) is 0 Å².